The van der Waals surface area contributed by atoms with Gasteiger partial charge < -0.3 is 18.9 Å². The Morgan fingerprint density at radius 3 is 1.92 bits per heavy atom. The number of methoxy groups -OCH3 is 2. The molecule has 0 atom stereocenters. The highest BCUT2D eigenvalue weighted by atomic mass is 16.5. The summed E-state index contributed by atoms with van der Waals surface area (Å²) in [4.78, 5) is 0. The van der Waals surface area contributed by atoms with Crippen molar-refractivity contribution in [3.63, 3.8) is 0 Å². The quantitative estimate of drug-likeness (QED) is 0.254. The summed E-state index contributed by atoms with van der Waals surface area (Å²) in [5.74, 6) is 3.27. The van der Waals surface area contributed by atoms with Crippen molar-refractivity contribution in [3.05, 3.63) is 125 Å². The standard InChI is InChI=1S/C34H26O4/c1-35-25-15-11-23(12-16-25)34(24-13-17-26(36-2)18-14-24)20-19-30-32(38-34)29-10-6-5-9-28(29)31-27-8-4-3-7-22(27)21-37-33(30)31/h3-20H,21H2,1-2H3. The predicted octanol–water partition coefficient (Wildman–Crippen LogP) is 7.77. The smallest absolute Gasteiger partial charge is 0.178 e. The molecule has 5 aromatic carbocycles. The first-order valence-electron chi connectivity index (χ1n) is 12.7. The van der Waals surface area contributed by atoms with Gasteiger partial charge in [0.2, 0.25) is 0 Å². The van der Waals surface area contributed by atoms with Crippen molar-refractivity contribution in [1.82, 2.24) is 0 Å². The predicted molar refractivity (Wildman–Crippen MR) is 150 cm³/mol. The lowest BCUT2D eigenvalue weighted by Crippen LogP contribution is -2.34. The minimum Gasteiger partial charge on any atom is -0.497 e. The highest BCUT2D eigenvalue weighted by Gasteiger charge is 2.40. The van der Waals surface area contributed by atoms with E-state index in [0.29, 0.717) is 6.61 Å². The molecule has 38 heavy (non-hydrogen) atoms. The van der Waals surface area contributed by atoms with Crippen molar-refractivity contribution in [2.45, 2.75) is 12.2 Å². The number of fused-ring (bicyclic) bond motifs is 8. The van der Waals surface area contributed by atoms with Crippen LogP contribution in [-0.2, 0) is 12.2 Å². The van der Waals surface area contributed by atoms with E-state index >= 15 is 0 Å². The molecule has 0 unspecified atom stereocenters. The van der Waals surface area contributed by atoms with Crippen LogP contribution in [0.2, 0.25) is 0 Å². The van der Waals surface area contributed by atoms with Gasteiger partial charge in [-0.15, -0.1) is 0 Å². The van der Waals surface area contributed by atoms with Crippen LogP contribution in [0.25, 0.3) is 28.0 Å². The second kappa shape index (κ2) is 8.70. The molecular weight excluding hydrogens is 472 g/mol. The largest absolute Gasteiger partial charge is 0.497 e. The van der Waals surface area contributed by atoms with Crippen molar-refractivity contribution >= 4 is 16.8 Å². The molecule has 0 N–H and O–H groups in total. The highest BCUT2D eigenvalue weighted by Crippen LogP contribution is 2.54. The number of ether oxygens (including phenoxy) is 4. The van der Waals surface area contributed by atoms with Gasteiger partial charge in [-0.2, -0.15) is 0 Å². The maximum absolute atomic E-state index is 7.16. The number of hydrogen-bond acceptors (Lipinski definition) is 4. The van der Waals surface area contributed by atoms with Gasteiger partial charge in [-0.1, -0.05) is 72.8 Å². The topological polar surface area (TPSA) is 36.9 Å². The van der Waals surface area contributed by atoms with Crippen LogP contribution < -0.4 is 18.9 Å². The van der Waals surface area contributed by atoms with Crippen LogP contribution in [-0.4, -0.2) is 14.2 Å². The van der Waals surface area contributed by atoms with E-state index in [1.54, 1.807) is 14.2 Å². The Morgan fingerprint density at radius 1 is 0.658 bits per heavy atom. The second-order valence-electron chi connectivity index (χ2n) is 9.57. The summed E-state index contributed by atoms with van der Waals surface area (Å²) in [7, 11) is 3.35. The molecule has 0 amide bonds. The summed E-state index contributed by atoms with van der Waals surface area (Å²) in [5, 5.41) is 2.17. The summed E-state index contributed by atoms with van der Waals surface area (Å²) >= 11 is 0. The monoisotopic (exact) mass is 498 g/mol. The molecule has 4 heteroatoms. The first-order valence-corrected chi connectivity index (χ1v) is 12.7. The fraction of sp³-hybridized carbons (Fsp3) is 0.118. The Morgan fingerprint density at radius 2 is 1.26 bits per heavy atom. The third-order valence-corrected chi connectivity index (χ3v) is 7.60. The first-order chi connectivity index (χ1) is 18.7. The van der Waals surface area contributed by atoms with E-state index in [1.807, 2.05) is 24.3 Å². The van der Waals surface area contributed by atoms with Gasteiger partial charge in [0.05, 0.1) is 19.8 Å². The van der Waals surface area contributed by atoms with Crippen molar-refractivity contribution in [1.29, 1.82) is 0 Å². The number of benzene rings is 5. The third-order valence-electron chi connectivity index (χ3n) is 7.60. The minimum absolute atomic E-state index is 0.532. The molecule has 0 saturated carbocycles. The van der Waals surface area contributed by atoms with Gasteiger partial charge >= 0.3 is 0 Å². The molecule has 2 aliphatic heterocycles. The van der Waals surface area contributed by atoms with E-state index in [9.17, 15) is 0 Å². The maximum atomic E-state index is 7.16. The van der Waals surface area contributed by atoms with Crippen LogP contribution in [0.4, 0.5) is 0 Å². The van der Waals surface area contributed by atoms with Gasteiger partial charge in [-0.3, -0.25) is 0 Å². The third kappa shape index (κ3) is 3.30. The Labute approximate surface area is 221 Å². The van der Waals surface area contributed by atoms with Gasteiger partial charge in [0.1, 0.15) is 29.6 Å². The Hall–Kier alpha value is -4.70. The molecule has 7 rings (SSSR count). The summed E-state index contributed by atoms with van der Waals surface area (Å²) in [5.41, 5.74) is 5.63. The fourth-order valence-electron chi connectivity index (χ4n) is 5.67. The summed E-state index contributed by atoms with van der Waals surface area (Å²) in [6.45, 7) is 0.532. The van der Waals surface area contributed by atoms with Gasteiger partial charge in [0.25, 0.3) is 0 Å². The molecule has 4 nitrogen and oxygen atoms in total. The van der Waals surface area contributed by atoms with E-state index in [4.69, 9.17) is 18.9 Å². The van der Waals surface area contributed by atoms with Crippen LogP contribution in [0.5, 0.6) is 23.0 Å². The van der Waals surface area contributed by atoms with Gasteiger partial charge in [-0.05, 0) is 52.9 Å². The van der Waals surface area contributed by atoms with Crippen LogP contribution in [0.15, 0.2) is 103 Å². The highest BCUT2D eigenvalue weighted by molar-refractivity contribution is 6.07. The molecule has 0 aliphatic carbocycles. The zero-order chi connectivity index (χ0) is 25.7. The molecule has 0 fully saturated rings. The van der Waals surface area contributed by atoms with E-state index in [-0.39, 0.29) is 0 Å². The Bertz CT molecular complexity index is 1650. The molecule has 186 valence electrons. The molecule has 0 spiro atoms. The van der Waals surface area contributed by atoms with E-state index in [2.05, 4.69) is 84.9 Å². The fourth-order valence-corrected chi connectivity index (χ4v) is 5.67. The molecule has 0 saturated heterocycles. The molecule has 2 aliphatic rings. The molecule has 0 bridgehead atoms. The lowest BCUT2D eigenvalue weighted by atomic mass is 9.82. The average molecular weight is 499 g/mol. The van der Waals surface area contributed by atoms with Crippen LogP contribution >= 0.6 is 0 Å². The molecular formula is C34H26O4. The first kappa shape index (κ1) is 22.5. The average Bonchev–Trinajstić information content (AvgIpc) is 3.00. The Kier molecular flexibility index (Phi) is 5.15. The van der Waals surface area contributed by atoms with Crippen molar-refractivity contribution < 1.29 is 18.9 Å². The van der Waals surface area contributed by atoms with Crippen LogP contribution in [0, 0.1) is 0 Å². The second-order valence-corrected chi connectivity index (χ2v) is 9.57. The summed E-state index contributed by atoms with van der Waals surface area (Å²) in [6.07, 6.45) is 4.30. The lowest BCUT2D eigenvalue weighted by Gasteiger charge is -2.38. The summed E-state index contributed by atoms with van der Waals surface area (Å²) < 4.78 is 24.5. The van der Waals surface area contributed by atoms with Gasteiger partial charge in [0, 0.05) is 22.1 Å². The SMILES string of the molecule is COc1ccc(C2(c3ccc(OC)cc3)C=Cc3c4c(c5ccccc5c3O2)-c2ccccc2CO4)cc1. The number of hydrogen-bond donors (Lipinski definition) is 0. The zero-order valence-electron chi connectivity index (χ0n) is 21.2. The number of rotatable bonds is 4. The Balaban J connectivity index is 1.49. The lowest BCUT2D eigenvalue weighted by molar-refractivity contribution is 0.162. The van der Waals surface area contributed by atoms with E-state index in [0.717, 1.165) is 56.0 Å². The van der Waals surface area contributed by atoms with E-state index in [1.165, 1.54) is 11.1 Å². The summed E-state index contributed by atoms with van der Waals surface area (Å²) in [6, 6.07) is 33.0. The van der Waals surface area contributed by atoms with Gasteiger partial charge in [0.15, 0.2) is 5.60 Å². The zero-order valence-corrected chi connectivity index (χ0v) is 21.2. The van der Waals surface area contributed by atoms with Crippen molar-refractivity contribution in [2.75, 3.05) is 14.2 Å². The molecule has 2 heterocycles. The molecule has 0 aromatic heterocycles. The molecule has 5 aromatic rings. The molecule has 0 radical (unpaired) electrons. The van der Waals surface area contributed by atoms with Crippen molar-refractivity contribution in [3.8, 4) is 34.1 Å². The van der Waals surface area contributed by atoms with Gasteiger partial charge in [-0.25, -0.2) is 0 Å². The minimum atomic E-state index is -0.852. The maximum Gasteiger partial charge on any atom is 0.178 e. The normalized spacial score (nSPS) is 14.5. The van der Waals surface area contributed by atoms with Crippen LogP contribution in [0.3, 0.4) is 0 Å². The van der Waals surface area contributed by atoms with Crippen molar-refractivity contribution in [2.24, 2.45) is 0 Å². The van der Waals surface area contributed by atoms with E-state index < -0.39 is 5.60 Å². The van der Waals surface area contributed by atoms with Crippen LogP contribution in [0.1, 0.15) is 22.3 Å².